The van der Waals surface area contributed by atoms with E-state index >= 15 is 0 Å². The van der Waals surface area contributed by atoms with Crippen LogP contribution in [-0.2, 0) is 26.2 Å². The van der Waals surface area contributed by atoms with Gasteiger partial charge in [0, 0.05) is 13.1 Å². The van der Waals surface area contributed by atoms with Gasteiger partial charge < -0.3 is 10.2 Å². The molecule has 2 amide bonds. The van der Waals surface area contributed by atoms with Gasteiger partial charge in [0.2, 0.25) is 21.8 Å². The fourth-order valence-corrected chi connectivity index (χ4v) is 3.96. The number of nitrogens with one attached hydrogen (secondary N) is 1. The predicted octanol–water partition coefficient (Wildman–Crippen LogP) is 2.94. The van der Waals surface area contributed by atoms with Crippen molar-refractivity contribution in [1.29, 1.82) is 0 Å². The maximum Gasteiger partial charge on any atom is 0.244 e. The Balaban J connectivity index is 2.39. The molecule has 0 unspecified atom stereocenters. The number of anilines is 1. The third kappa shape index (κ3) is 6.64. The summed E-state index contributed by atoms with van der Waals surface area (Å²) in [6, 6.07) is 7.72. The monoisotopic (exact) mass is 487 g/mol. The molecule has 0 spiro atoms. The topological polar surface area (TPSA) is 86.8 Å². The number of benzene rings is 2. The first-order chi connectivity index (χ1) is 14.9. The van der Waals surface area contributed by atoms with E-state index in [4.69, 9.17) is 11.6 Å². The predicted molar refractivity (Wildman–Crippen MR) is 119 cm³/mol. The molecule has 0 aromatic heterocycles. The molecule has 1 N–H and O–H groups in total. The summed E-state index contributed by atoms with van der Waals surface area (Å²) in [5.74, 6) is -2.31. The van der Waals surface area contributed by atoms with Gasteiger partial charge in [-0.05, 0) is 49.7 Å². The quantitative estimate of drug-likeness (QED) is 0.589. The van der Waals surface area contributed by atoms with E-state index in [0.29, 0.717) is 12.1 Å². The van der Waals surface area contributed by atoms with Crippen molar-refractivity contribution >= 4 is 39.1 Å². The molecule has 11 heteroatoms. The molecular formula is C21H24ClF2N3O4S. The molecule has 0 aliphatic rings. The highest BCUT2D eigenvalue weighted by atomic mass is 35.5. The lowest BCUT2D eigenvalue weighted by Gasteiger charge is -2.31. The number of nitrogens with zero attached hydrogens (tertiary/aromatic N) is 2. The van der Waals surface area contributed by atoms with Crippen LogP contribution in [0.2, 0.25) is 5.02 Å². The number of rotatable bonds is 9. The molecule has 0 aliphatic heterocycles. The fourth-order valence-electron chi connectivity index (χ4n) is 2.94. The van der Waals surface area contributed by atoms with Crippen molar-refractivity contribution in [2.75, 3.05) is 23.7 Å². The average Bonchev–Trinajstić information content (AvgIpc) is 2.72. The zero-order chi connectivity index (χ0) is 24.1. The zero-order valence-corrected chi connectivity index (χ0v) is 19.4. The molecule has 0 fully saturated rings. The van der Waals surface area contributed by atoms with Crippen LogP contribution in [0, 0.1) is 11.6 Å². The number of carbonyl (C=O) groups is 2. The Bertz CT molecular complexity index is 1080. The SMILES string of the molecule is CCNC(=O)[C@@H](C)N(Cc1ccc(F)cc1)C(=O)CN(c1ccc(F)c(Cl)c1)S(C)(=O)=O. The van der Waals surface area contributed by atoms with Crippen molar-refractivity contribution in [3.05, 3.63) is 64.7 Å². The fraction of sp³-hybridized carbons (Fsp3) is 0.333. The molecule has 0 bridgehead atoms. The average molecular weight is 488 g/mol. The summed E-state index contributed by atoms with van der Waals surface area (Å²) >= 11 is 5.78. The van der Waals surface area contributed by atoms with E-state index in [-0.39, 0.29) is 17.3 Å². The number of likely N-dealkylation sites (N-methyl/N-ethyl adjacent to an activating group) is 1. The van der Waals surface area contributed by atoms with Crippen molar-refractivity contribution in [2.45, 2.75) is 26.4 Å². The first-order valence-electron chi connectivity index (χ1n) is 9.68. The standard InChI is InChI=1S/C21H24ClF2N3O4S/c1-4-25-21(29)14(2)26(12-15-5-7-16(23)8-6-15)20(28)13-27(32(3,30)31)17-9-10-19(24)18(22)11-17/h5-11,14H,4,12-13H2,1-3H3,(H,25,29)/t14-/m1/s1. The summed E-state index contributed by atoms with van der Waals surface area (Å²) < 4.78 is 52.4. The Morgan fingerprint density at radius 1 is 1.12 bits per heavy atom. The Morgan fingerprint density at radius 2 is 1.75 bits per heavy atom. The van der Waals surface area contributed by atoms with Gasteiger partial charge >= 0.3 is 0 Å². The minimum absolute atomic E-state index is 0.000329. The third-order valence-corrected chi connectivity index (χ3v) is 6.09. The zero-order valence-electron chi connectivity index (χ0n) is 17.8. The van der Waals surface area contributed by atoms with Crippen LogP contribution in [0.15, 0.2) is 42.5 Å². The minimum atomic E-state index is -3.96. The lowest BCUT2D eigenvalue weighted by atomic mass is 10.1. The molecule has 32 heavy (non-hydrogen) atoms. The van der Waals surface area contributed by atoms with E-state index in [1.807, 2.05) is 0 Å². The van der Waals surface area contributed by atoms with Crippen LogP contribution in [-0.4, -0.2) is 50.5 Å². The normalized spacial score (nSPS) is 12.2. The van der Waals surface area contributed by atoms with Crippen molar-refractivity contribution < 1.29 is 26.8 Å². The maximum atomic E-state index is 13.5. The molecule has 7 nitrogen and oxygen atoms in total. The van der Waals surface area contributed by atoms with E-state index in [2.05, 4.69) is 5.32 Å². The van der Waals surface area contributed by atoms with Crippen LogP contribution in [0.4, 0.5) is 14.5 Å². The smallest absolute Gasteiger partial charge is 0.244 e. The van der Waals surface area contributed by atoms with Gasteiger partial charge in [0.05, 0.1) is 17.0 Å². The number of amides is 2. The van der Waals surface area contributed by atoms with Gasteiger partial charge in [-0.1, -0.05) is 23.7 Å². The van der Waals surface area contributed by atoms with Crippen LogP contribution >= 0.6 is 11.6 Å². The van der Waals surface area contributed by atoms with E-state index in [1.165, 1.54) is 42.2 Å². The molecule has 0 saturated carbocycles. The van der Waals surface area contributed by atoms with Crippen LogP contribution in [0.5, 0.6) is 0 Å². The summed E-state index contributed by atoms with van der Waals surface area (Å²) in [6.45, 7) is 2.86. The summed E-state index contributed by atoms with van der Waals surface area (Å²) in [7, 11) is -3.96. The second-order valence-electron chi connectivity index (χ2n) is 7.09. The Hall–Kier alpha value is -2.72. The van der Waals surface area contributed by atoms with Gasteiger partial charge in [0.25, 0.3) is 0 Å². The van der Waals surface area contributed by atoms with Gasteiger partial charge in [-0.15, -0.1) is 0 Å². The molecule has 0 radical (unpaired) electrons. The highest BCUT2D eigenvalue weighted by Crippen LogP contribution is 2.25. The minimum Gasteiger partial charge on any atom is -0.355 e. The van der Waals surface area contributed by atoms with Crippen LogP contribution in [0.3, 0.4) is 0 Å². The maximum absolute atomic E-state index is 13.5. The third-order valence-electron chi connectivity index (χ3n) is 4.65. The lowest BCUT2D eigenvalue weighted by molar-refractivity contribution is -0.139. The van der Waals surface area contributed by atoms with E-state index in [1.54, 1.807) is 6.92 Å². The largest absolute Gasteiger partial charge is 0.355 e. The number of carbonyl (C=O) groups excluding carboxylic acids is 2. The molecular weight excluding hydrogens is 464 g/mol. The second kappa shape index (κ2) is 10.7. The molecule has 1 atom stereocenters. The highest BCUT2D eigenvalue weighted by molar-refractivity contribution is 7.92. The summed E-state index contributed by atoms with van der Waals surface area (Å²) in [5, 5.41) is 2.32. The summed E-state index contributed by atoms with van der Waals surface area (Å²) in [4.78, 5) is 26.8. The lowest BCUT2D eigenvalue weighted by Crippen LogP contribution is -2.51. The highest BCUT2D eigenvalue weighted by Gasteiger charge is 2.30. The van der Waals surface area contributed by atoms with Gasteiger partial charge in [0.1, 0.15) is 24.2 Å². The van der Waals surface area contributed by atoms with E-state index in [9.17, 15) is 26.8 Å². The Morgan fingerprint density at radius 3 is 2.28 bits per heavy atom. The molecule has 2 aromatic carbocycles. The molecule has 174 valence electrons. The number of hydrogen-bond acceptors (Lipinski definition) is 4. The molecule has 2 rings (SSSR count). The van der Waals surface area contributed by atoms with Gasteiger partial charge in [0.15, 0.2) is 0 Å². The first kappa shape index (κ1) is 25.5. The second-order valence-corrected chi connectivity index (χ2v) is 9.40. The van der Waals surface area contributed by atoms with Crippen molar-refractivity contribution in [1.82, 2.24) is 10.2 Å². The van der Waals surface area contributed by atoms with Crippen molar-refractivity contribution in [2.24, 2.45) is 0 Å². The van der Waals surface area contributed by atoms with E-state index in [0.717, 1.165) is 22.7 Å². The number of sulfonamides is 1. The van der Waals surface area contributed by atoms with Crippen LogP contribution in [0.1, 0.15) is 19.4 Å². The molecule has 0 aliphatic carbocycles. The Labute approximate surface area is 191 Å². The summed E-state index contributed by atoms with van der Waals surface area (Å²) in [5.41, 5.74) is 0.547. The molecule has 0 saturated heterocycles. The van der Waals surface area contributed by atoms with E-state index < -0.39 is 46.1 Å². The first-order valence-corrected chi connectivity index (χ1v) is 11.9. The van der Waals surface area contributed by atoms with Gasteiger partial charge in [-0.25, -0.2) is 17.2 Å². The van der Waals surface area contributed by atoms with Gasteiger partial charge in [-0.2, -0.15) is 0 Å². The Kier molecular flexibility index (Phi) is 8.57. The van der Waals surface area contributed by atoms with Gasteiger partial charge in [-0.3, -0.25) is 13.9 Å². The molecule has 0 heterocycles. The molecule has 2 aromatic rings. The number of halogens is 3. The van der Waals surface area contributed by atoms with Crippen LogP contribution in [0.25, 0.3) is 0 Å². The number of hydrogen-bond donors (Lipinski definition) is 1. The van der Waals surface area contributed by atoms with Crippen molar-refractivity contribution in [3.8, 4) is 0 Å². The van der Waals surface area contributed by atoms with Crippen LogP contribution < -0.4 is 9.62 Å². The van der Waals surface area contributed by atoms with Crippen molar-refractivity contribution in [3.63, 3.8) is 0 Å². The summed E-state index contributed by atoms with van der Waals surface area (Å²) in [6.07, 6.45) is 0.898.